The third kappa shape index (κ3) is 3.12. The molecule has 0 spiro atoms. The van der Waals surface area contributed by atoms with E-state index < -0.39 is 5.97 Å². The molecule has 5 nitrogen and oxygen atoms in total. The zero-order valence-electron chi connectivity index (χ0n) is 13.2. The van der Waals surface area contributed by atoms with Gasteiger partial charge in [0, 0.05) is 10.6 Å². The first-order chi connectivity index (χ1) is 11.6. The number of carbonyl (C=O) groups excluding carboxylic acids is 1. The summed E-state index contributed by atoms with van der Waals surface area (Å²) >= 11 is 5.92. The predicted molar refractivity (Wildman–Crippen MR) is 91.9 cm³/mol. The maximum atomic E-state index is 12.1. The number of benzene rings is 2. The molecule has 2 aromatic carbocycles. The van der Waals surface area contributed by atoms with Crippen LogP contribution in [0.5, 0.6) is 5.75 Å². The molecule has 24 heavy (non-hydrogen) atoms. The quantitative estimate of drug-likeness (QED) is 0.673. The van der Waals surface area contributed by atoms with Gasteiger partial charge in [0.2, 0.25) is 0 Å². The highest BCUT2D eigenvalue weighted by molar-refractivity contribution is 6.30. The molecule has 3 rings (SSSR count). The van der Waals surface area contributed by atoms with Crippen LogP contribution in [-0.4, -0.2) is 30.0 Å². The minimum absolute atomic E-state index is 0.340. The van der Waals surface area contributed by atoms with Crippen LogP contribution in [0.2, 0.25) is 5.02 Å². The van der Waals surface area contributed by atoms with Gasteiger partial charge in [0.15, 0.2) is 5.69 Å². The van der Waals surface area contributed by atoms with Crippen LogP contribution in [0.25, 0.3) is 16.9 Å². The number of ether oxygens (including phenoxy) is 2. The van der Waals surface area contributed by atoms with Crippen LogP contribution in [0.3, 0.4) is 0 Å². The average molecular weight is 343 g/mol. The van der Waals surface area contributed by atoms with E-state index in [1.54, 1.807) is 42.1 Å². The van der Waals surface area contributed by atoms with Crippen LogP contribution in [-0.2, 0) is 4.74 Å². The Bertz CT molecular complexity index is 855. The van der Waals surface area contributed by atoms with Gasteiger partial charge in [0.1, 0.15) is 5.75 Å². The first kappa shape index (κ1) is 16.1. The second kappa shape index (κ2) is 6.76. The fourth-order valence-corrected chi connectivity index (χ4v) is 2.44. The monoisotopic (exact) mass is 342 g/mol. The second-order valence-electron chi connectivity index (χ2n) is 5.02. The standard InChI is InChI=1S/C18H15ClN2O3/c1-23-15-9-7-14(8-10-15)21-17(18(22)24-2)11-16(20-21)12-3-5-13(19)6-4-12/h3-11H,1-2H3. The van der Waals surface area contributed by atoms with Crippen molar-refractivity contribution in [2.45, 2.75) is 0 Å². The number of nitrogens with zero attached hydrogens (tertiary/aromatic N) is 2. The maximum Gasteiger partial charge on any atom is 0.356 e. The number of halogens is 1. The molecular formula is C18H15ClN2O3. The van der Waals surface area contributed by atoms with Crippen molar-refractivity contribution in [1.29, 1.82) is 0 Å². The fourth-order valence-electron chi connectivity index (χ4n) is 2.31. The summed E-state index contributed by atoms with van der Waals surface area (Å²) in [4.78, 5) is 12.1. The Labute approximate surface area is 144 Å². The lowest BCUT2D eigenvalue weighted by molar-refractivity contribution is 0.0590. The van der Waals surface area contributed by atoms with Gasteiger partial charge in [-0.2, -0.15) is 5.10 Å². The van der Waals surface area contributed by atoms with Gasteiger partial charge >= 0.3 is 5.97 Å². The molecule has 3 aromatic rings. The lowest BCUT2D eigenvalue weighted by Crippen LogP contribution is -2.10. The Kier molecular flexibility index (Phi) is 4.53. The summed E-state index contributed by atoms with van der Waals surface area (Å²) in [5, 5.41) is 5.18. The molecule has 0 N–H and O–H groups in total. The highest BCUT2D eigenvalue weighted by Crippen LogP contribution is 2.24. The number of rotatable bonds is 4. The number of esters is 1. The number of aromatic nitrogens is 2. The van der Waals surface area contributed by atoms with Gasteiger partial charge in [-0.15, -0.1) is 0 Å². The summed E-state index contributed by atoms with van der Waals surface area (Å²) in [6, 6.07) is 16.2. The average Bonchev–Trinajstić information content (AvgIpc) is 3.07. The van der Waals surface area contributed by atoms with E-state index in [4.69, 9.17) is 21.1 Å². The van der Waals surface area contributed by atoms with E-state index in [2.05, 4.69) is 5.10 Å². The van der Waals surface area contributed by atoms with E-state index in [9.17, 15) is 4.79 Å². The lowest BCUT2D eigenvalue weighted by Gasteiger charge is -2.06. The molecule has 6 heteroatoms. The van der Waals surface area contributed by atoms with Gasteiger partial charge in [-0.1, -0.05) is 23.7 Å². The Morgan fingerprint density at radius 2 is 1.71 bits per heavy atom. The molecule has 1 heterocycles. The van der Waals surface area contributed by atoms with E-state index >= 15 is 0 Å². The minimum Gasteiger partial charge on any atom is -0.497 e. The highest BCUT2D eigenvalue weighted by atomic mass is 35.5. The normalized spacial score (nSPS) is 10.5. The molecule has 0 aliphatic heterocycles. The van der Waals surface area contributed by atoms with Gasteiger partial charge in [-0.3, -0.25) is 0 Å². The summed E-state index contributed by atoms with van der Waals surface area (Å²) in [7, 11) is 2.94. The summed E-state index contributed by atoms with van der Waals surface area (Å²) in [6.07, 6.45) is 0. The van der Waals surface area contributed by atoms with Crippen molar-refractivity contribution in [1.82, 2.24) is 9.78 Å². The van der Waals surface area contributed by atoms with Crippen molar-refractivity contribution < 1.29 is 14.3 Å². The van der Waals surface area contributed by atoms with Crippen molar-refractivity contribution in [2.24, 2.45) is 0 Å². The van der Waals surface area contributed by atoms with Gasteiger partial charge in [-0.25, -0.2) is 9.48 Å². The smallest absolute Gasteiger partial charge is 0.356 e. The zero-order chi connectivity index (χ0) is 17.1. The van der Waals surface area contributed by atoms with Crippen LogP contribution in [0, 0.1) is 0 Å². The predicted octanol–water partition coefficient (Wildman–Crippen LogP) is 3.99. The van der Waals surface area contributed by atoms with E-state index in [-0.39, 0.29) is 0 Å². The van der Waals surface area contributed by atoms with Gasteiger partial charge in [0.25, 0.3) is 0 Å². The highest BCUT2D eigenvalue weighted by Gasteiger charge is 2.18. The fraction of sp³-hybridized carbons (Fsp3) is 0.111. The van der Waals surface area contributed by atoms with E-state index in [0.717, 1.165) is 17.0 Å². The largest absolute Gasteiger partial charge is 0.497 e. The van der Waals surface area contributed by atoms with Gasteiger partial charge in [0.05, 0.1) is 25.6 Å². The van der Waals surface area contributed by atoms with Crippen LogP contribution in [0.4, 0.5) is 0 Å². The maximum absolute atomic E-state index is 12.1. The van der Waals surface area contributed by atoms with E-state index in [0.29, 0.717) is 16.4 Å². The molecule has 0 saturated carbocycles. The Hall–Kier alpha value is -2.79. The van der Waals surface area contributed by atoms with Crippen LogP contribution in [0.1, 0.15) is 10.5 Å². The number of hydrogen-bond acceptors (Lipinski definition) is 4. The van der Waals surface area contributed by atoms with Gasteiger partial charge < -0.3 is 9.47 Å². The minimum atomic E-state index is -0.460. The molecule has 0 unspecified atom stereocenters. The number of methoxy groups -OCH3 is 2. The third-order valence-electron chi connectivity index (χ3n) is 3.56. The number of hydrogen-bond donors (Lipinski definition) is 0. The van der Waals surface area contributed by atoms with Crippen LogP contribution >= 0.6 is 11.6 Å². The molecule has 0 aliphatic carbocycles. The van der Waals surface area contributed by atoms with Crippen LogP contribution < -0.4 is 4.74 Å². The zero-order valence-corrected chi connectivity index (χ0v) is 13.9. The van der Waals surface area contributed by atoms with Crippen molar-refractivity contribution in [3.8, 4) is 22.7 Å². The molecule has 0 radical (unpaired) electrons. The molecule has 0 bridgehead atoms. The molecule has 0 atom stereocenters. The Morgan fingerprint density at radius 1 is 1.04 bits per heavy atom. The van der Waals surface area contributed by atoms with Gasteiger partial charge in [-0.05, 0) is 42.5 Å². The molecule has 0 amide bonds. The Morgan fingerprint density at radius 3 is 2.29 bits per heavy atom. The first-order valence-corrected chi connectivity index (χ1v) is 7.59. The molecule has 0 fully saturated rings. The summed E-state index contributed by atoms with van der Waals surface area (Å²) in [6.45, 7) is 0. The van der Waals surface area contributed by atoms with Crippen molar-refractivity contribution >= 4 is 17.6 Å². The molecule has 122 valence electrons. The van der Waals surface area contributed by atoms with Crippen molar-refractivity contribution in [3.05, 3.63) is 65.3 Å². The molecular weight excluding hydrogens is 328 g/mol. The molecule has 1 aromatic heterocycles. The first-order valence-electron chi connectivity index (χ1n) is 7.21. The summed E-state index contributed by atoms with van der Waals surface area (Å²) in [5.41, 5.74) is 2.59. The molecule has 0 aliphatic rings. The van der Waals surface area contributed by atoms with E-state index in [1.807, 2.05) is 24.3 Å². The topological polar surface area (TPSA) is 53.3 Å². The Balaban J connectivity index is 2.09. The second-order valence-corrected chi connectivity index (χ2v) is 5.46. The molecule has 0 saturated heterocycles. The van der Waals surface area contributed by atoms with Crippen molar-refractivity contribution in [3.63, 3.8) is 0 Å². The summed E-state index contributed by atoms with van der Waals surface area (Å²) < 4.78 is 11.6. The van der Waals surface area contributed by atoms with Crippen molar-refractivity contribution in [2.75, 3.05) is 14.2 Å². The van der Waals surface area contributed by atoms with E-state index in [1.165, 1.54) is 7.11 Å². The summed E-state index contributed by atoms with van der Waals surface area (Å²) in [5.74, 6) is 0.266. The number of carbonyl (C=O) groups is 1. The third-order valence-corrected chi connectivity index (χ3v) is 3.81. The lowest BCUT2D eigenvalue weighted by atomic mass is 10.1. The van der Waals surface area contributed by atoms with Crippen LogP contribution in [0.15, 0.2) is 54.6 Å². The SMILES string of the molecule is COC(=O)c1cc(-c2ccc(Cl)cc2)nn1-c1ccc(OC)cc1.